The van der Waals surface area contributed by atoms with Crippen LogP contribution in [0.1, 0.15) is 60.8 Å². The van der Waals surface area contributed by atoms with Crippen LogP contribution in [0, 0.1) is 17.8 Å². The Morgan fingerprint density at radius 2 is 1.09 bits per heavy atom. The Kier molecular flexibility index (Phi) is 9.19. The Balaban J connectivity index is 2.73. The molecule has 1 rings (SSSR count). The minimum Gasteiger partial charge on any atom is -0.363 e. The largest absolute Gasteiger partial charge is 0.363 e. The van der Waals surface area contributed by atoms with Crippen LogP contribution < -0.4 is 0 Å². The van der Waals surface area contributed by atoms with E-state index < -0.39 is 0 Å². The smallest absolute Gasteiger partial charge is 0.286 e. The van der Waals surface area contributed by atoms with E-state index in [2.05, 4.69) is 62.5 Å². The zero-order valence-corrected chi connectivity index (χ0v) is 16.3. The van der Waals surface area contributed by atoms with Gasteiger partial charge in [0.1, 0.15) is 0 Å². The van der Waals surface area contributed by atoms with Gasteiger partial charge in [-0.1, -0.05) is 67.6 Å². The van der Waals surface area contributed by atoms with Gasteiger partial charge in [-0.15, -0.1) is 0 Å². The summed E-state index contributed by atoms with van der Waals surface area (Å²) in [5, 5.41) is 0. The van der Waals surface area contributed by atoms with Gasteiger partial charge in [-0.25, -0.2) is 0 Å². The molecule has 0 aliphatic carbocycles. The molecule has 126 valence electrons. The fourth-order valence-electron chi connectivity index (χ4n) is 3.19. The third kappa shape index (κ3) is 6.29. The molecule has 22 heavy (non-hydrogen) atoms. The van der Waals surface area contributed by atoms with Gasteiger partial charge >= 0.3 is 0 Å². The van der Waals surface area contributed by atoms with Crippen molar-refractivity contribution < 1.29 is 0 Å². The molecule has 1 aliphatic rings. The predicted molar refractivity (Wildman–Crippen MR) is 104 cm³/mol. The predicted octanol–water partition coefficient (Wildman–Crippen LogP) is 2.70. The summed E-state index contributed by atoms with van der Waals surface area (Å²) in [6, 6.07) is 0. The standard InChI is InChI=1S/C16H38B3N3/c1-8-14(4)11-20-17-21(12-15(5)9-2)19(7)22(18-20)13-16(6)10-3/h14-18H,8-13H2,1-7H3. The molecule has 0 aromatic heterocycles. The second-order valence-corrected chi connectivity index (χ2v) is 7.85. The molecular weight excluding hydrogens is 267 g/mol. The van der Waals surface area contributed by atoms with E-state index in [1.165, 1.54) is 38.9 Å². The molecule has 0 bridgehead atoms. The number of hydrogen-bond acceptors (Lipinski definition) is 3. The number of nitrogens with zero attached hydrogens (tertiary/aromatic N) is 3. The first-order valence-corrected chi connectivity index (χ1v) is 9.61. The molecule has 0 radical (unpaired) electrons. The first-order chi connectivity index (χ1) is 10.4. The van der Waals surface area contributed by atoms with Crippen LogP contribution in [0.25, 0.3) is 0 Å². The van der Waals surface area contributed by atoms with Gasteiger partial charge in [0.05, 0.1) is 0 Å². The molecule has 0 aromatic rings. The molecule has 1 aliphatic heterocycles. The molecule has 1 fully saturated rings. The van der Waals surface area contributed by atoms with E-state index in [0.29, 0.717) is 6.98 Å². The molecule has 0 saturated carbocycles. The average molecular weight is 305 g/mol. The number of hydrogen-bond donors (Lipinski definition) is 0. The molecule has 0 spiro atoms. The zero-order valence-electron chi connectivity index (χ0n) is 16.3. The molecule has 6 heteroatoms. The molecule has 3 nitrogen and oxygen atoms in total. The first-order valence-electron chi connectivity index (χ1n) is 9.61. The summed E-state index contributed by atoms with van der Waals surface area (Å²) < 4.78 is 8.06. The molecule has 1 saturated heterocycles. The molecule has 0 aromatic carbocycles. The van der Waals surface area contributed by atoms with Crippen LogP contribution in [0.5, 0.6) is 0 Å². The fraction of sp³-hybridized carbons (Fsp3) is 1.00. The van der Waals surface area contributed by atoms with E-state index in [0.717, 1.165) is 32.9 Å². The van der Waals surface area contributed by atoms with Crippen molar-refractivity contribution >= 4 is 22.1 Å². The normalized spacial score (nSPS) is 22.0. The van der Waals surface area contributed by atoms with Crippen molar-refractivity contribution in [3.05, 3.63) is 0 Å². The summed E-state index contributed by atoms with van der Waals surface area (Å²) in [7, 11) is 2.29. The summed E-state index contributed by atoms with van der Waals surface area (Å²) in [5.74, 6) is 2.37. The van der Waals surface area contributed by atoms with Crippen LogP contribution in [0.4, 0.5) is 0 Å². The minimum absolute atomic E-state index is 0.580. The Morgan fingerprint density at radius 3 is 1.45 bits per heavy atom. The van der Waals surface area contributed by atoms with Crippen LogP contribution >= 0.6 is 0 Å². The summed E-state index contributed by atoms with van der Waals surface area (Å²) >= 11 is 0. The van der Waals surface area contributed by atoms with E-state index in [4.69, 9.17) is 0 Å². The molecule has 0 amide bonds. The van der Waals surface area contributed by atoms with Crippen molar-refractivity contribution in [2.75, 3.05) is 19.6 Å². The van der Waals surface area contributed by atoms with Gasteiger partial charge in [0.15, 0.2) is 0 Å². The van der Waals surface area contributed by atoms with Gasteiger partial charge < -0.3 is 14.2 Å². The Hall–Kier alpha value is 0.0748. The van der Waals surface area contributed by atoms with Crippen LogP contribution in [0.2, 0.25) is 6.82 Å². The lowest BCUT2D eigenvalue weighted by Crippen LogP contribution is -2.68. The lowest BCUT2D eigenvalue weighted by molar-refractivity contribution is 0.362. The van der Waals surface area contributed by atoms with E-state index in [9.17, 15) is 0 Å². The molecule has 0 N–H and O–H groups in total. The van der Waals surface area contributed by atoms with Crippen LogP contribution in [0.15, 0.2) is 0 Å². The maximum absolute atomic E-state index is 2.70. The highest BCUT2D eigenvalue weighted by Gasteiger charge is 2.35. The maximum Gasteiger partial charge on any atom is 0.286 e. The van der Waals surface area contributed by atoms with Gasteiger partial charge in [0.25, 0.3) is 22.1 Å². The average Bonchev–Trinajstić information content (AvgIpc) is 2.51. The topological polar surface area (TPSA) is 9.72 Å². The molecule has 3 atom stereocenters. The quantitative estimate of drug-likeness (QED) is 0.606. The summed E-state index contributed by atoms with van der Waals surface area (Å²) in [6.07, 6.45) is 3.84. The highest BCUT2D eigenvalue weighted by Crippen LogP contribution is 2.17. The zero-order chi connectivity index (χ0) is 16.7. The first kappa shape index (κ1) is 20.1. The van der Waals surface area contributed by atoms with E-state index in [1.807, 2.05) is 0 Å². The highest BCUT2D eigenvalue weighted by molar-refractivity contribution is 6.73. The van der Waals surface area contributed by atoms with Gasteiger partial charge in [0.2, 0.25) is 0 Å². The van der Waals surface area contributed by atoms with Crippen molar-refractivity contribution in [1.29, 1.82) is 0 Å². The summed E-state index contributed by atoms with van der Waals surface area (Å²) in [5.41, 5.74) is 0. The lowest BCUT2D eigenvalue weighted by Gasteiger charge is -2.47. The van der Waals surface area contributed by atoms with E-state index in [1.54, 1.807) is 0 Å². The van der Waals surface area contributed by atoms with Crippen LogP contribution in [0.3, 0.4) is 0 Å². The summed E-state index contributed by atoms with van der Waals surface area (Å²) in [6.45, 7) is 20.8. The van der Waals surface area contributed by atoms with Crippen LogP contribution in [-0.4, -0.2) is 55.9 Å². The van der Waals surface area contributed by atoms with E-state index in [-0.39, 0.29) is 0 Å². The second-order valence-electron chi connectivity index (χ2n) is 7.85. The third-order valence-corrected chi connectivity index (χ3v) is 5.57. The molecule has 1 heterocycles. The van der Waals surface area contributed by atoms with Crippen molar-refractivity contribution in [2.24, 2.45) is 17.8 Å². The Bertz CT molecular complexity index is 284. The van der Waals surface area contributed by atoms with Crippen LogP contribution in [-0.2, 0) is 0 Å². The fourth-order valence-corrected chi connectivity index (χ4v) is 3.19. The second kappa shape index (κ2) is 10.0. The Morgan fingerprint density at radius 1 is 0.727 bits per heavy atom. The van der Waals surface area contributed by atoms with Gasteiger partial charge in [0, 0.05) is 0 Å². The highest BCUT2D eigenvalue weighted by atomic mass is 15.3. The van der Waals surface area contributed by atoms with E-state index >= 15 is 0 Å². The maximum atomic E-state index is 2.70. The van der Waals surface area contributed by atoms with Crippen molar-refractivity contribution in [1.82, 2.24) is 14.2 Å². The minimum atomic E-state index is 0.580. The number of rotatable bonds is 9. The SMILES string of the molecule is CCC(C)CN1BN(CC(C)CC)B(C)N(CC(C)CC)B1. The van der Waals surface area contributed by atoms with Gasteiger partial charge in [-0.3, -0.25) is 0 Å². The monoisotopic (exact) mass is 305 g/mol. The van der Waals surface area contributed by atoms with Crippen molar-refractivity contribution in [2.45, 2.75) is 67.6 Å². The lowest BCUT2D eigenvalue weighted by atomic mass is 9.59. The molecule has 3 unspecified atom stereocenters. The summed E-state index contributed by atoms with van der Waals surface area (Å²) in [4.78, 5) is 0. The Labute approximate surface area is 141 Å². The van der Waals surface area contributed by atoms with Crippen molar-refractivity contribution in [3.63, 3.8) is 0 Å². The molecular formula is C16H38B3N3. The van der Waals surface area contributed by atoms with Crippen molar-refractivity contribution in [3.8, 4) is 0 Å². The van der Waals surface area contributed by atoms with Gasteiger partial charge in [-0.2, -0.15) is 0 Å². The van der Waals surface area contributed by atoms with Gasteiger partial charge in [-0.05, 0) is 37.4 Å². The third-order valence-electron chi connectivity index (χ3n) is 5.57.